The van der Waals surface area contributed by atoms with Crippen LogP contribution in [0.1, 0.15) is 18.1 Å². The van der Waals surface area contributed by atoms with Gasteiger partial charge in [0.05, 0.1) is 5.52 Å². The van der Waals surface area contributed by atoms with E-state index in [0.29, 0.717) is 5.02 Å². The molecule has 0 atom stereocenters. The summed E-state index contributed by atoms with van der Waals surface area (Å²) >= 11 is 6.18. The second kappa shape index (κ2) is 6.73. The first-order chi connectivity index (χ1) is 11.1. The summed E-state index contributed by atoms with van der Waals surface area (Å²) in [5.74, 6) is 1.01. The Hall–Kier alpha value is -1.84. The molecule has 1 aromatic carbocycles. The molecule has 1 fully saturated rings. The van der Waals surface area contributed by atoms with Crippen molar-refractivity contribution in [1.29, 1.82) is 0 Å². The quantitative estimate of drug-likeness (QED) is 0.837. The van der Waals surface area contributed by atoms with Gasteiger partial charge in [0.1, 0.15) is 5.82 Å². The number of hydrogen-bond donors (Lipinski definition) is 0. The molecule has 120 valence electrons. The summed E-state index contributed by atoms with van der Waals surface area (Å²) in [4.78, 5) is 9.61. The molecule has 0 amide bonds. The van der Waals surface area contributed by atoms with Gasteiger partial charge in [0.2, 0.25) is 0 Å². The van der Waals surface area contributed by atoms with Gasteiger partial charge < -0.3 is 9.80 Å². The van der Waals surface area contributed by atoms with Crippen LogP contribution in [0.2, 0.25) is 5.02 Å². The van der Waals surface area contributed by atoms with Crippen LogP contribution in [-0.4, -0.2) is 43.1 Å². The Morgan fingerprint density at radius 2 is 1.91 bits per heavy atom. The fourth-order valence-electron chi connectivity index (χ4n) is 3.07. The molecule has 0 aliphatic carbocycles. The maximum Gasteiger partial charge on any atom is 0.137 e. The van der Waals surface area contributed by atoms with E-state index < -0.39 is 0 Å². The van der Waals surface area contributed by atoms with Crippen LogP contribution in [0.3, 0.4) is 0 Å². The highest BCUT2D eigenvalue weighted by Gasteiger charge is 2.20. The average Bonchev–Trinajstić information content (AvgIpc) is 2.55. The number of hydrogen-bond acceptors (Lipinski definition) is 3. The van der Waals surface area contributed by atoms with Gasteiger partial charge >= 0.3 is 0 Å². The smallest absolute Gasteiger partial charge is 0.137 e. The van der Waals surface area contributed by atoms with Crippen LogP contribution in [0.4, 0.5) is 5.82 Å². The van der Waals surface area contributed by atoms with E-state index in [0.717, 1.165) is 54.0 Å². The maximum atomic E-state index is 6.18. The number of pyridine rings is 1. The van der Waals surface area contributed by atoms with Gasteiger partial charge in [0, 0.05) is 42.2 Å². The molecule has 1 aliphatic heterocycles. The normalized spacial score (nSPS) is 16.4. The van der Waals surface area contributed by atoms with Gasteiger partial charge in [-0.05, 0) is 31.7 Å². The third-order valence-corrected chi connectivity index (χ3v) is 4.58. The molecule has 1 aliphatic rings. The van der Waals surface area contributed by atoms with Crippen LogP contribution in [0, 0.1) is 0 Å². The SMILES string of the molecule is C=Cc1c(N2CCN(C)CC2)nc2cc(Cl)ccc2c1C=CC. The number of piperazine rings is 1. The fraction of sp³-hybridized carbons (Fsp3) is 0.316. The van der Waals surface area contributed by atoms with Crippen molar-refractivity contribution < 1.29 is 0 Å². The first-order valence-electron chi connectivity index (χ1n) is 7.96. The molecular formula is C19H22ClN3. The van der Waals surface area contributed by atoms with Crippen LogP contribution in [-0.2, 0) is 0 Å². The minimum atomic E-state index is 0.715. The summed E-state index contributed by atoms with van der Waals surface area (Å²) in [6, 6.07) is 5.90. The van der Waals surface area contributed by atoms with Crippen molar-refractivity contribution in [2.75, 3.05) is 38.1 Å². The molecule has 1 saturated heterocycles. The topological polar surface area (TPSA) is 19.4 Å². The number of fused-ring (bicyclic) bond motifs is 1. The Morgan fingerprint density at radius 1 is 1.17 bits per heavy atom. The van der Waals surface area contributed by atoms with Crippen LogP contribution >= 0.6 is 11.6 Å². The average molecular weight is 328 g/mol. The van der Waals surface area contributed by atoms with Crippen molar-refractivity contribution >= 4 is 40.5 Å². The molecule has 0 N–H and O–H groups in total. The van der Waals surface area contributed by atoms with Gasteiger partial charge in [-0.2, -0.15) is 0 Å². The lowest BCUT2D eigenvalue weighted by Gasteiger charge is -2.34. The standard InChI is InChI=1S/C19H22ClN3/c1-4-6-16-15(5-2)19(23-11-9-22(3)10-12-23)21-18-13-14(20)7-8-17(16)18/h4-8,13H,2,9-12H2,1,3H3. The maximum absolute atomic E-state index is 6.18. The highest BCUT2D eigenvalue weighted by Crippen LogP contribution is 2.32. The number of allylic oxidation sites excluding steroid dienone is 1. The molecule has 0 bridgehead atoms. The lowest BCUT2D eigenvalue weighted by atomic mass is 10.0. The second-order valence-electron chi connectivity index (χ2n) is 5.92. The van der Waals surface area contributed by atoms with Gasteiger partial charge in [-0.15, -0.1) is 0 Å². The molecule has 0 spiro atoms. The van der Waals surface area contributed by atoms with Crippen molar-refractivity contribution in [2.24, 2.45) is 0 Å². The summed E-state index contributed by atoms with van der Waals surface area (Å²) in [5.41, 5.74) is 3.20. The van der Waals surface area contributed by atoms with E-state index in [1.165, 1.54) is 0 Å². The van der Waals surface area contributed by atoms with Gasteiger partial charge in [0.25, 0.3) is 0 Å². The highest BCUT2D eigenvalue weighted by atomic mass is 35.5. The lowest BCUT2D eigenvalue weighted by Crippen LogP contribution is -2.45. The van der Waals surface area contributed by atoms with Gasteiger partial charge in [-0.1, -0.05) is 42.5 Å². The van der Waals surface area contributed by atoms with Crippen LogP contribution in [0.15, 0.2) is 30.9 Å². The third-order valence-electron chi connectivity index (χ3n) is 4.35. The minimum Gasteiger partial charge on any atom is -0.354 e. The van der Waals surface area contributed by atoms with E-state index in [9.17, 15) is 0 Å². The van der Waals surface area contributed by atoms with Crippen LogP contribution in [0.5, 0.6) is 0 Å². The van der Waals surface area contributed by atoms with Gasteiger partial charge in [-0.3, -0.25) is 0 Å². The number of aromatic nitrogens is 1. The van der Waals surface area contributed by atoms with Crippen LogP contribution in [0.25, 0.3) is 23.1 Å². The first kappa shape index (κ1) is 16.0. The molecule has 0 unspecified atom stereocenters. The van der Waals surface area contributed by atoms with Crippen molar-refractivity contribution in [2.45, 2.75) is 6.92 Å². The molecule has 23 heavy (non-hydrogen) atoms. The second-order valence-corrected chi connectivity index (χ2v) is 6.36. The Balaban J connectivity index is 2.21. The Kier molecular flexibility index (Phi) is 4.69. The molecule has 3 nitrogen and oxygen atoms in total. The zero-order chi connectivity index (χ0) is 16.4. The zero-order valence-electron chi connectivity index (χ0n) is 13.7. The van der Waals surface area contributed by atoms with Crippen molar-refractivity contribution in [1.82, 2.24) is 9.88 Å². The number of nitrogens with zero attached hydrogens (tertiary/aromatic N) is 3. The Bertz CT molecular complexity index is 759. The van der Waals surface area contributed by atoms with E-state index in [1.54, 1.807) is 0 Å². The molecule has 3 rings (SSSR count). The van der Waals surface area contributed by atoms with Gasteiger partial charge in [-0.25, -0.2) is 4.98 Å². The van der Waals surface area contributed by atoms with Gasteiger partial charge in [0.15, 0.2) is 0 Å². The summed E-state index contributed by atoms with van der Waals surface area (Å²) in [6.45, 7) is 10.1. The molecule has 0 saturated carbocycles. The summed E-state index contributed by atoms with van der Waals surface area (Å²) in [5, 5.41) is 1.83. The minimum absolute atomic E-state index is 0.715. The third kappa shape index (κ3) is 3.12. The number of anilines is 1. The Labute approximate surface area is 142 Å². The number of rotatable bonds is 3. The molecule has 2 heterocycles. The van der Waals surface area contributed by atoms with E-state index in [4.69, 9.17) is 16.6 Å². The summed E-state index contributed by atoms with van der Waals surface area (Å²) in [7, 11) is 2.16. The van der Waals surface area contributed by atoms with E-state index in [2.05, 4.69) is 35.6 Å². The predicted molar refractivity (Wildman–Crippen MR) is 101 cm³/mol. The largest absolute Gasteiger partial charge is 0.354 e. The molecule has 4 heteroatoms. The Morgan fingerprint density at radius 3 is 2.57 bits per heavy atom. The number of halogens is 1. The monoisotopic (exact) mass is 327 g/mol. The fourth-order valence-corrected chi connectivity index (χ4v) is 3.24. The summed E-state index contributed by atoms with van der Waals surface area (Å²) < 4.78 is 0. The molecule has 2 aromatic rings. The molecule has 1 aromatic heterocycles. The zero-order valence-corrected chi connectivity index (χ0v) is 14.5. The predicted octanol–water partition coefficient (Wildman–Crippen LogP) is 4.32. The van der Waals surface area contributed by atoms with E-state index in [1.807, 2.05) is 31.2 Å². The number of benzene rings is 1. The lowest BCUT2D eigenvalue weighted by molar-refractivity contribution is 0.312. The first-order valence-corrected chi connectivity index (χ1v) is 8.33. The van der Waals surface area contributed by atoms with Crippen molar-refractivity contribution in [3.63, 3.8) is 0 Å². The molecular weight excluding hydrogens is 306 g/mol. The molecule has 0 radical (unpaired) electrons. The van der Waals surface area contributed by atoms with Crippen LogP contribution < -0.4 is 4.90 Å². The van der Waals surface area contributed by atoms with Crippen molar-refractivity contribution in [3.05, 3.63) is 47.0 Å². The number of likely N-dealkylation sites (N-methyl/N-ethyl adjacent to an activating group) is 1. The highest BCUT2D eigenvalue weighted by molar-refractivity contribution is 6.31. The summed E-state index contributed by atoms with van der Waals surface area (Å²) in [6.07, 6.45) is 6.11. The van der Waals surface area contributed by atoms with E-state index in [-0.39, 0.29) is 0 Å². The van der Waals surface area contributed by atoms with E-state index >= 15 is 0 Å². The van der Waals surface area contributed by atoms with Crippen molar-refractivity contribution in [3.8, 4) is 0 Å².